The number of aliphatic hydroxyl groups is 2. The number of para-hydroxylation sites is 1. The normalized spacial score (nSPS) is 20.7. The molecule has 0 aliphatic carbocycles. The van der Waals surface area contributed by atoms with Crippen LogP contribution >= 0.6 is 0 Å². The molecule has 0 saturated carbocycles. The smallest absolute Gasteiger partial charge is 0.320 e. The molecule has 1 aliphatic heterocycles. The van der Waals surface area contributed by atoms with Gasteiger partial charge in [-0.15, -0.1) is 0 Å². The third kappa shape index (κ3) is 7.66. The second-order valence-corrected chi connectivity index (χ2v) is 10.8. The standard InChI is InChI=1S/C30H38N8O6/c31-22(30(41)42)10-13-37(12-5-11-33-15-19-6-4-9-21(14-19)43-20-7-2-1-3-8-20)16-23-25(39)26(40)29(44-23)38-18-36-24-27(32)34-17-35-28(24)38/h1-4,6-9,14,17-18,22-23,25-26,29,33,39-40H,5,10-13,15-16,31H2,(H,41,42)(H2,32,34,35)/t22?,23-,25-,26-,29-/m1/s1. The molecule has 2 aromatic carbocycles. The number of nitrogens with one attached hydrogen (secondary N) is 1. The number of fused-ring (bicyclic) bond motifs is 1. The van der Waals surface area contributed by atoms with Gasteiger partial charge in [-0.1, -0.05) is 30.3 Å². The first-order valence-electron chi connectivity index (χ1n) is 14.5. The van der Waals surface area contributed by atoms with Gasteiger partial charge in [0.15, 0.2) is 17.7 Å². The molecule has 8 N–H and O–H groups in total. The van der Waals surface area contributed by atoms with Crippen LogP contribution in [0.1, 0.15) is 24.6 Å². The molecule has 5 atom stereocenters. The first kappa shape index (κ1) is 31.3. The molecule has 0 spiro atoms. The molecule has 14 heteroatoms. The maximum Gasteiger partial charge on any atom is 0.320 e. The fourth-order valence-corrected chi connectivity index (χ4v) is 5.16. The van der Waals surface area contributed by atoms with Crippen LogP contribution in [-0.2, 0) is 16.1 Å². The van der Waals surface area contributed by atoms with E-state index in [4.69, 9.17) is 20.9 Å². The first-order valence-corrected chi connectivity index (χ1v) is 14.5. The highest BCUT2D eigenvalue weighted by Gasteiger charge is 2.44. The van der Waals surface area contributed by atoms with Crippen molar-refractivity contribution in [1.82, 2.24) is 29.7 Å². The van der Waals surface area contributed by atoms with Crippen molar-refractivity contribution >= 4 is 23.0 Å². The molecule has 1 saturated heterocycles. The second kappa shape index (κ2) is 14.5. The van der Waals surface area contributed by atoms with Crippen LogP contribution in [-0.4, -0.2) is 96.2 Å². The predicted octanol–water partition coefficient (Wildman–Crippen LogP) is 1.10. The van der Waals surface area contributed by atoms with E-state index in [0.29, 0.717) is 37.3 Å². The molecule has 1 aliphatic rings. The number of hydrogen-bond acceptors (Lipinski definition) is 12. The van der Waals surface area contributed by atoms with Crippen molar-refractivity contribution in [1.29, 1.82) is 0 Å². The van der Waals surface area contributed by atoms with E-state index in [-0.39, 0.29) is 18.8 Å². The second-order valence-electron chi connectivity index (χ2n) is 10.8. The van der Waals surface area contributed by atoms with Crippen LogP contribution in [0.2, 0.25) is 0 Å². The van der Waals surface area contributed by atoms with Crippen LogP contribution in [0.5, 0.6) is 11.5 Å². The number of aliphatic hydroxyl groups excluding tert-OH is 2. The molecule has 4 aromatic rings. The summed E-state index contributed by atoms with van der Waals surface area (Å²) in [6.45, 7) is 2.54. The quantitative estimate of drug-likeness (QED) is 0.105. The van der Waals surface area contributed by atoms with Crippen molar-refractivity contribution in [2.45, 2.75) is 50.0 Å². The van der Waals surface area contributed by atoms with E-state index in [1.54, 1.807) is 0 Å². The van der Waals surface area contributed by atoms with E-state index in [1.807, 2.05) is 59.5 Å². The summed E-state index contributed by atoms with van der Waals surface area (Å²) < 4.78 is 13.6. The molecule has 0 amide bonds. The Bertz CT molecular complexity index is 1520. The van der Waals surface area contributed by atoms with Gasteiger partial charge in [0.05, 0.1) is 6.33 Å². The Hall–Kier alpha value is -4.18. The largest absolute Gasteiger partial charge is 0.480 e. The Morgan fingerprint density at radius 3 is 2.66 bits per heavy atom. The minimum atomic E-state index is -1.25. The first-order chi connectivity index (χ1) is 21.3. The van der Waals surface area contributed by atoms with Crippen molar-refractivity contribution in [3.63, 3.8) is 0 Å². The molecule has 1 unspecified atom stereocenters. The summed E-state index contributed by atoms with van der Waals surface area (Å²) in [5.41, 5.74) is 13.5. The molecular formula is C30H38N8O6. The van der Waals surface area contributed by atoms with E-state index in [2.05, 4.69) is 20.3 Å². The zero-order valence-corrected chi connectivity index (χ0v) is 24.1. The van der Waals surface area contributed by atoms with Gasteiger partial charge in [-0.2, -0.15) is 0 Å². The number of carboxylic acids is 1. The summed E-state index contributed by atoms with van der Waals surface area (Å²) in [5, 5.41) is 34.4. The fraction of sp³-hybridized carbons (Fsp3) is 0.400. The summed E-state index contributed by atoms with van der Waals surface area (Å²) in [5.74, 6) is 0.645. The SMILES string of the molecule is Nc1ncnc2c1ncn2[C@@H]1O[C@H](CN(CCCNCc2cccc(Oc3ccccc3)c2)CCC(N)C(=O)O)[C@@H](O)[C@H]1O. The average Bonchev–Trinajstić information content (AvgIpc) is 3.57. The molecule has 44 heavy (non-hydrogen) atoms. The summed E-state index contributed by atoms with van der Waals surface area (Å²) >= 11 is 0. The van der Waals surface area contributed by atoms with Crippen molar-refractivity contribution in [2.24, 2.45) is 5.73 Å². The van der Waals surface area contributed by atoms with Gasteiger partial charge in [0.1, 0.15) is 47.7 Å². The Morgan fingerprint density at radius 2 is 1.86 bits per heavy atom. The number of ether oxygens (including phenoxy) is 2. The van der Waals surface area contributed by atoms with E-state index in [0.717, 1.165) is 23.5 Å². The minimum absolute atomic E-state index is 0.195. The minimum Gasteiger partial charge on any atom is -0.480 e. The van der Waals surface area contributed by atoms with Gasteiger partial charge in [-0.05, 0) is 55.8 Å². The number of carbonyl (C=O) groups is 1. The van der Waals surface area contributed by atoms with Crippen LogP contribution in [0.3, 0.4) is 0 Å². The van der Waals surface area contributed by atoms with E-state index in [9.17, 15) is 20.1 Å². The summed E-state index contributed by atoms with van der Waals surface area (Å²) in [6, 6.07) is 16.5. The van der Waals surface area contributed by atoms with Crippen molar-refractivity contribution in [2.75, 3.05) is 31.9 Å². The number of imidazole rings is 1. The lowest BCUT2D eigenvalue weighted by molar-refractivity contribution is -0.138. The molecule has 0 radical (unpaired) electrons. The third-order valence-corrected chi connectivity index (χ3v) is 7.54. The van der Waals surface area contributed by atoms with Crippen LogP contribution in [0.25, 0.3) is 11.2 Å². The highest BCUT2D eigenvalue weighted by molar-refractivity contribution is 5.81. The molecule has 1 fully saturated rings. The van der Waals surface area contributed by atoms with E-state index in [1.165, 1.54) is 17.2 Å². The van der Waals surface area contributed by atoms with E-state index >= 15 is 0 Å². The Morgan fingerprint density at radius 1 is 1.07 bits per heavy atom. The van der Waals surface area contributed by atoms with Crippen LogP contribution in [0, 0.1) is 0 Å². The zero-order valence-electron chi connectivity index (χ0n) is 24.1. The molecule has 2 aromatic heterocycles. The fourth-order valence-electron chi connectivity index (χ4n) is 5.16. The Labute approximate surface area is 254 Å². The number of aliphatic carboxylic acids is 1. The number of nitrogens with zero attached hydrogens (tertiary/aromatic N) is 5. The molecule has 5 rings (SSSR count). The molecule has 14 nitrogen and oxygen atoms in total. The van der Waals surface area contributed by atoms with Crippen LogP contribution in [0.15, 0.2) is 67.3 Å². The zero-order chi connectivity index (χ0) is 31.1. The number of rotatable bonds is 15. The lowest BCUT2D eigenvalue weighted by atomic mass is 10.1. The number of benzene rings is 2. The lowest BCUT2D eigenvalue weighted by Crippen LogP contribution is -2.43. The molecule has 234 valence electrons. The van der Waals surface area contributed by atoms with Crippen molar-refractivity contribution in [3.05, 3.63) is 72.8 Å². The topological polar surface area (TPSA) is 207 Å². The molecule has 3 heterocycles. The Balaban J connectivity index is 1.16. The maximum atomic E-state index is 11.3. The highest BCUT2D eigenvalue weighted by Crippen LogP contribution is 2.32. The summed E-state index contributed by atoms with van der Waals surface area (Å²) in [4.78, 5) is 25.7. The van der Waals surface area contributed by atoms with Crippen LogP contribution < -0.4 is 21.5 Å². The van der Waals surface area contributed by atoms with Gasteiger partial charge in [0, 0.05) is 19.6 Å². The highest BCUT2D eigenvalue weighted by atomic mass is 16.6. The van der Waals surface area contributed by atoms with Gasteiger partial charge < -0.3 is 46.5 Å². The van der Waals surface area contributed by atoms with Gasteiger partial charge in [-0.3, -0.25) is 9.36 Å². The number of hydrogen-bond donors (Lipinski definition) is 6. The summed E-state index contributed by atoms with van der Waals surface area (Å²) in [7, 11) is 0. The maximum absolute atomic E-state index is 11.3. The molecule has 0 bridgehead atoms. The van der Waals surface area contributed by atoms with Gasteiger partial charge in [0.2, 0.25) is 0 Å². The van der Waals surface area contributed by atoms with E-state index < -0.39 is 36.6 Å². The number of aromatic nitrogens is 4. The monoisotopic (exact) mass is 606 g/mol. The molecular weight excluding hydrogens is 568 g/mol. The number of nitrogens with two attached hydrogens (primary N) is 2. The van der Waals surface area contributed by atoms with Crippen molar-refractivity contribution < 1.29 is 29.6 Å². The lowest BCUT2D eigenvalue weighted by Gasteiger charge is -2.27. The number of anilines is 1. The third-order valence-electron chi connectivity index (χ3n) is 7.54. The van der Waals surface area contributed by atoms with Crippen LogP contribution in [0.4, 0.5) is 5.82 Å². The van der Waals surface area contributed by atoms with Gasteiger partial charge in [-0.25, -0.2) is 15.0 Å². The van der Waals surface area contributed by atoms with Gasteiger partial charge >= 0.3 is 5.97 Å². The average molecular weight is 607 g/mol. The number of carboxylic acid groups (broad SMARTS) is 1. The van der Waals surface area contributed by atoms with Crippen molar-refractivity contribution in [3.8, 4) is 11.5 Å². The summed E-state index contributed by atoms with van der Waals surface area (Å²) in [6.07, 6.45) is -0.461. The number of nitrogen functional groups attached to an aromatic ring is 1. The predicted molar refractivity (Wildman–Crippen MR) is 162 cm³/mol. The Kier molecular flexibility index (Phi) is 10.3. The van der Waals surface area contributed by atoms with Gasteiger partial charge in [0.25, 0.3) is 0 Å².